The number of hydrogen-bond donors (Lipinski definition) is 0. The molecule has 116 valence electrons. The zero-order chi connectivity index (χ0) is 15.4. The van der Waals surface area contributed by atoms with Gasteiger partial charge in [0.2, 0.25) is 6.29 Å². The molecule has 0 saturated heterocycles. The van der Waals surface area contributed by atoms with Crippen molar-refractivity contribution in [1.82, 2.24) is 0 Å². The predicted molar refractivity (Wildman–Crippen MR) is 71.4 cm³/mol. The van der Waals surface area contributed by atoms with Gasteiger partial charge in [0.15, 0.2) is 0 Å². The summed E-state index contributed by atoms with van der Waals surface area (Å²) in [5.41, 5.74) is 0. The summed E-state index contributed by atoms with van der Waals surface area (Å²) in [5.74, 6) is -0.857. The number of ether oxygens (including phenoxy) is 1. The van der Waals surface area contributed by atoms with Gasteiger partial charge in [-0.15, -0.1) is 4.89 Å². The second kappa shape index (κ2) is 11.4. The van der Waals surface area contributed by atoms with Gasteiger partial charge in [-0.1, -0.05) is 19.3 Å². The first kappa shape index (κ1) is 18.6. The third-order valence-electron chi connectivity index (χ3n) is 2.54. The van der Waals surface area contributed by atoms with E-state index in [0.717, 1.165) is 32.1 Å². The van der Waals surface area contributed by atoms with Crippen LogP contribution in [0.4, 0.5) is 0 Å². The highest BCUT2D eigenvalue weighted by atomic mass is 17.2. The van der Waals surface area contributed by atoms with E-state index in [1.165, 1.54) is 13.8 Å². The van der Waals surface area contributed by atoms with Gasteiger partial charge in [0.1, 0.15) is 5.78 Å². The number of ketones is 1. The van der Waals surface area contributed by atoms with Gasteiger partial charge in [-0.05, 0) is 19.8 Å². The third-order valence-corrected chi connectivity index (χ3v) is 2.54. The standard InChI is InChI=1S/C14H24O6/c1-11(15)9-7-5-4-6-8-10-14(18-12(2)16)20-19-13(3)17/h14H,4-10H2,1-3H3. The Bertz CT molecular complexity index is 313. The van der Waals surface area contributed by atoms with Crippen LogP contribution in [0.5, 0.6) is 0 Å². The van der Waals surface area contributed by atoms with Crippen molar-refractivity contribution in [3.05, 3.63) is 0 Å². The van der Waals surface area contributed by atoms with Crippen molar-refractivity contribution in [2.24, 2.45) is 0 Å². The Kier molecular flexibility index (Phi) is 10.6. The van der Waals surface area contributed by atoms with Crippen LogP contribution < -0.4 is 0 Å². The van der Waals surface area contributed by atoms with Crippen molar-refractivity contribution in [1.29, 1.82) is 0 Å². The number of carbonyl (C=O) groups excluding carboxylic acids is 3. The van der Waals surface area contributed by atoms with E-state index in [9.17, 15) is 14.4 Å². The summed E-state index contributed by atoms with van der Waals surface area (Å²) in [6.07, 6.45) is 4.90. The van der Waals surface area contributed by atoms with E-state index < -0.39 is 18.2 Å². The molecule has 0 bridgehead atoms. The SMILES string of the molecule is CC(=O)CCCCCCCC(OOC(C)=O)OC(C)=O. The Morgan fingerprint density at radius 1 is 0.850 bits per heavy atom. The summed E-state index contributed by atoms with van der Waals surface area (Å²) in [7, 11) is 0. The smallest absolute Gasteiger partial charge is 0.339 e. The molecule has 1 atom stereocenters. The molecule has 0 fully saturated rings. The Morgan fingerprint density at radius 3 is 2.00 bits per heavy atom. The molecular weight excluding hydrogens is 264 g/mol. The van der Waals surface area contributed by atoms with Crippen LogP contribution in [0.1, 0.15) is 65.7 Å². The fourth-order valence-corrected chi connectivity index (χ4v) is 1.65. The van der Waals surface area contributed by atoms with Crippen molar-refractivity contribution >= 4 is 17.7 Å². The molecule has 0 aromatic rings. The molecule has 1 unspecified atom stereocenters. The summed E-state index contributed by atoms with van der Waals surface area (Å²) < 4.78 is 4.88. The maximum atomic E-state index is 10.9. The lowest BCUT2D eigenvalue weighted by molar-refractivity contribution is -0.344. The third kappa shape index (κ3) is 13.0. The minimum atomic E-state index is -0.853. The van der Waals surface area contributed by atoms with Crippen molar-refractivity contribution < 1.29 is 28.9 Å². The molecule has 0 amide bonds. The summed E-state index contributed by atoms with van der Waals surface area (Å²) in [5, 5.41) is 0. The monoisotopic (exact) mass is 288 g/mol. The van der Waals surface area contributed by atoms with Crippen molar-refractivity contribution in [3.8, 4) is 0 Å². The van der Waals surface area contributed by atoms with E-state index in [4.69, 9.17) is 9.62 Å². The largest absolute Gasteiger partial charge is 0.432 e. The first-order chi connectivity index (χ1) is 9.41. The Hall–Kier alpha value is -1.43. The number of rotatable bonds is 11. The average Bonchev–Trinajstić information content (AvgIpc) is 2.33. The molecule has 0 radical (unpaired) electrons. The molecule has 0 aliphatic rings. The fourth-order valence-electron chi connectivity index (χ4n) is 1.65. The molecule has 0 aliphatic heterocycles. The minimum Gasteiger partial charge on any atom is -0.432 e. The summed E-state index contributed by atoms with van der Waals surface area (Å²) in [4.78, 5) is 41.3. The lowest BCUT2D eigenvalue weighted by atomic mass is 10.1. The van der Waals surface area contributed by atoms with Crippen LogP contribution in [0.15, 0.2) is 0 Å². The number of Topliss-reactive ketones (excluding diaryl/α,β-unsaturated/α-hetero) is 1. The Labute approximate surface area is 119 Å². The normalized spacial score (nSPS) is 11.8. The number of unbranched alkanes of at least 4 members (excludes halogenated alkanes) is 4. The van der Waals surface area contributed by atoms with Crippen LogP contribution in [-0.4, -0.2) is 24.0 Å². The molecule has 0 aromatic carbocycles. The van der Waals surface area contributed by atoms with Crippen LogP contribution >= 0.6 is 0 Å². The Morgan fingerprint density at radius 2 is 1.45 bits per heavy atom. The summed E-state index contributed by atoms with van der Waals surface area (Å²) in [6, 6.07) is 0. The van der Waals surface area contributed by atoms with E-state index >= 15 is 0 Å². The van der Waals surface area contributed by atoms with Crippen molar-refractivity contribution in [3.63, 3.8) is 0 Å². The zero-order valence-corrected chi connectivity index (χ0v) is 12.5. The van der Waals surface area contributed by atoms with Gasteiger partial charge in [-0.3, -0.25) is 9.68 Å². The van der Waals surface area contributed by atoms with Crippen LogP contribution in [0.3, 0.4) is 0 Å². The first-order valence-corrected chi connectivity index (χ1v) is 6.92. The van der Waals surface area contributed by atoms with Gasteiger partial charge < -0.3 is 9.53 Å². The fraction of sp³-hybridized carbons (Fsp3) is 0.786. The number of esters is 1. The highest BCUT2D eigenvalue weighted by molar-refractivity contribution is 5.75. The van der Waals surface area contributed by atoms with Gasteiger partial charge in [0.05, 0.1) is 0 Å². The van der Waals surface area contributed by atoms with E-state index in [1.807, 2.05) is 0 Å². The van der Waals surface area contributed by atoms with Crippen molar-refractivity contribution in [2.45, 2.75) is 72.0 Å². The molecule has 0 spiro atoms. The second-order valence-electron chi connectivity index (χ2n) is 4.72. The molecule has 0 rings (SSSR count). The number of hydrogen-bond acceptors (Lipinski definition) is 6. The van der Waals surface area contributed by atoms with Gasteiger partial charge in [0, 0.05) is 26.7 Å². The van der Waals surface area contributed by atoms with Gasteiger partial charge >= 0.3 is 11.9 Å². The van der Waals surface area contributed by atoms with Crippen LogP contribution in [-0.2, 0) is 28.9 Å². The maximum absolute atomic E-state index is 10.9. The van der Waals surface area contributed by atoms with Crippen LogP contribution in [0.2, 0.25) is 0 Å². The number of carbonyl (C=O) groups is 3. The van der Waals surface area contributed by atoms with E-state index in [2.05, 4.69) is 4.89 Å². The van der Waals surface area contributed by atoms with Crippen LogP contribution in [0, 0.1) is 0 Å². The van der Waals surface area contributed by atoms with E-state index in [1.54, 1.807) is 6.92 Å². The molecule has 0 saturated carbocycles. The lowest BCUT2D eigenvalue weighted by Gasteiger charge is -2.15. The van der Waals surface area contributed by atoms with Gasteiger partial charge in [-0.25, -0.2) is 4.79 Å². The lowest BCUT2D eigenvalue weighted by Crippen LogP contribution is -2.21. The van der Waals surface area contributed by atoms with E-state index in [0.29, 0.717) is 12.8 Å². The molecule has 0 aromatic heterocycles. The van der Waals surface area contributed by atoms with E-state index in [-0.39, 0.29) is 5.78 Å². The molecule has 0 aliphatic carbocycles. The predicted octanol–water partition coefficient (Wildman–Crippen LogP) is 2.69. The summed E-state index contributed by atoms with van der Waals surface area (Å²) >= 11 is 0. The molecule has 6 nitrogen and oxygen atoms in total. The molecule has 0 heterocycles. The van der Waals surface area contributed by atoms with Crippen molar-refractivity contribution in [2.75, 3.05) is 0 Å². The Balaban J connectivity index is 3.70. The summed E-state index contributed by atoms with van der Waals surface area (Å²) in [6.45, 7) is 4.07. The highest BCUT2D eigenvalue weighted by Crippen LogP contribution is 2.12. The average molecular weight is 288 g/mol. The first-order valence-electron chi connectivity index (χ1n) is 6.92. The van der Waals surface area contributed by atoms with Gasteiger partial charge in [-0.2, -0.15) is 0 Å². The molecule has 20 heavy (non-hydrogen) atoms. The quantitative estimate of drug-likeness (QED) is 0.191. The zero-order valence-electron chi connectivity index (χ0n) is 12.5. The minimum absolute atomic E-state index is 0.217. The molecule has 0 N–H and O–H groups in total. The second-order valence-corrected chi connectivity index (χ2v) is 4.72. The van der Waals surface area contributed by atoms with Crippen LogP contribution in [0.25, 0.3) is 0 Å². The topological polar surface area (TPSA) is 78.9 Å². The molecular formula is C14H24O6. The molecule has 6 heteroatoms. The maximum Gasteiger partial charge on any atom is 0.339 e. The highest BCUT2D eigenvalue weighted by Gasteiger charge is 2.14. The van der Waals surface area contributed by atoms with Gasteiger partial charge in [0.25, 0.3) is 0 Å².